The highest BCUT2D eigenvalue weighted by molar-refractivity contribution is 5.73. The van der Waals surface area contributed by atoms with E-state index < -0.39 is 24.3 Å². The van der Waals surface area contributed by atoms with Crippen LogP contribution in [0.4, 0.5) is 26.3 Å². The van der Waals surface area contributed by atoms with Gasteiger partial charge in [-0.15, -0.1) is 0 Å². The van der Waals surface area contributed by atoms with E-state index in [-0.39, 0.29) is 5.41 Å². The summed E-state index contributed by atoms with van der Waals surface area (Å²) in [6.07, 6.45) is -4.89. The predicted octanol–water partition coefficient (Wildman–Crippen LogP) is 3.28. The van der Waals surface area contributed by atoms with Gasteiger partial charge in [0.15, 0.2) is 0 Å². The van der Waals surface area contributed by atoms with Crippen molar-refractivity contribution in [3.05, 3.63) is 48.4 Å². The van der Waals surface area contributed by atoms with Crippen LogP contribution in [0.2, 0.25) is 0 Å². The van der Waals surface area contributed by atoms with Gasteiger partial charge in [0, 0.05) is 48.9 Å². The first-order chi connectivity index (χ1) is 18.2. The van der Waals surface area contributed by atoms with E-state index in [1.807, 2.05) is 18.2 Å². The maximum atomic E-state index is 10.6. The molecule has 0 saturated carbocycles. The summed E-state index contributed by atoms with van der Waals surface area (Å²) in [6, 6.07) is 7.88. The first-order valence-corrected chi connectivity index (χ1v) is 11.1. The van der Waals surface area contributed by atoms with E-state index in [9.17, 15) is 26.3 Å². The number of nitrogens with zero attached hydrogens (tertiary/aromatic N) is 3. The van der Waals surface area contributed by atoms with E-state index >= 15 is 0 Å². The molecule has 0 radical (unpaired) electrons. The second-order valence-electron chi connectivity index (χ2n) is 8.50. The van der Waals surface area contributed by atoms with Gasteiger partial charge in [-0.2, -0.15) is 26.3 Å². The molecule has 10 nitrogen and oxygen atoms in total. The quantitative estimate of drug-likeness (QED) is 0.500. The van der Waals surface area contributed by atoms with Crippen LogP contribution in [0.3, 0.4) is 0 Å². The lowest BCUT2D eigenvalue weighted by Gasteiger charge is -2.27. The Bertz CT molecular complexity index is 1060. The van der Waals surface area contributed by atoms with Gasteiger partial charge in [0.05, 0.1) is 33.1 Å². The molecule has 0 unspecified atom stereocenters. The molecule has 2 aliphatic rings. The average Bonchev–Trinajstić information content (AvgIpc) is 3.40. The SMILES string of the molecule is COc1ncccc1CN1C[C@@H]2COC[C@]2(COc2cccnc2)C1.O=C(O)C(F)(F)F.O=C(O)C(F)(F)F. The van der Waals surface area contributed by atoms with Crippen molar-refractivity contribution in [2.75, 3.05) is 40.0 Å². The van der Waals surface area contributed by atoms with Gasteiger partial charge >= 0.3 is 24.3 Å². The highest BCUT2D eigenvalue weighted by atomic mass is 19.4. The van der Waals surface area contributed by atoms with Gasteiger partial charge < -0.3 is 24.4 Å². The van der Waals surface area contributed by atoms with Crippen LogP contribution in [0, 0.1) is 11.3 Å². The van der Waals surface area contributed by atoms with E-state index in [0.29, 0.717) is 18.4 Å². The molecule has 4 heterocycles. The molecule has 2 atom stereocenters. The summed E-state index contributed by atoms with van der Waals surface area (Å²) in [5, 5.41) is 14.2. The van der Waals surface area contributed by atoms with Gasteiger partial charge in [0.25, 0.3) is 0 Å². The zero-order valence-corrected chi connectivity index (χ0v) is 20.4. The van der Waals surface area contributed by atoms with Crippen LogP contribution >= 0.6 is 0 Å². The van der Waals surface area contributed by atoms with Gasteiger partial charge in [-0.3, -0.25) is 9.88 Å². The Hall–Kier alpha value is -3.66. The van der Waals surface area contributed by atoms with Gasteiger partial charge in [-0.1, -0.05) is 6.07 Å². The third-order valence-corrected chi connectivity index (χ3v) is 5.67. The average molecular weight is 569 g/mol. The van der Waals surface area contributed by atoms with Crippen molar-refractivity contribution in [1.29, 1.82) is 0 Å². The number of methoxy groups -OCH3 is 1. The zero-order chi connectivity index (χ0) is 29.3. The second-order valence-corrected chi connectivity index (χ2v) is 8.50. The highest BCUT2D eigenvalue weighted by Crippen LogP contribution is 2.42. The minimum atomic E-state index is -5.08. The molecule has 39 heavy (non-hydrogen) atoms. The van der Waals surface area contributed by atoms with Crippen molar-refractivity contribution < 1.29 is 60.4 Å². The van der Waals surface area contributed by atoms with E-state index in [4.69, 9.17) is 34.0 Å². The molecule has 2 saturated heterocycles. The molecule has 2 aromatic heterocycles. The summed E-state index contributed by atoms with van der Waals surface area (Å²) in [7, 11) is 1.67. The van der Waals surface area contributed by atoms with Crippen molar-refractivity contribution in [2.45, 2.75) is 18.9 Å². The Kier molecular flexibility index (Phi) is 10.9. The molecule has 0 amide bonds. The fraction of sp³-hybridized carbons (Fsp3) is 0.478. The van der Waals surface area contributed by atoms with E-state index in [1.54, 1.807) is 25.7 Å². The number of hydrogen-bond donors (Lipinski definition) is 2. The molecule has 216 valence electrons. The van der Waals surface area contributed by atoms with Crippen LogP contribution in [-0.4, -0.2) is 89.4 Å². The third-order valence-electron chi connectivity index (χ3n) is 5.67. The number of aromatic nitrogens is 2. The minimum Gasteiger partial charge on any atom is -0.491 e. The number of carboxylic acids is 2. The first kappa shape index (κ1) is 31.6. The van der Waals surface area contributed by atoms with Crippen LogP contribution in [0.15, 0.2) is 42.9 Å². The fourth-order valence-electron chi connectivity index (χ4n) is 3.90. The van der Waals surface area contributed by atoms with Crippen molar-refractivity contribution >= 4 is 11.9 Å². The van der Waals surface area contributed by atoms with Crippen molar-refractivity contribution in [1.82, 2.24) is 14.9 Å². The highest BCUT2D eigenvalue weighted by Gasteiger charge is 2.51. The summed E-state index contributed by atoms with van der Waals surface area (Å²) in [4.78, 5) is 28.7. The number of aliphatic carboxylic acids is 2. The number of carbonyl (C=O) groups is 2. The first-order valence-electron chi connectivity index (χ1n) is 11.1. The van der Waals surface area contributed by atoms with Gasteiger partial charge in [-0.05, 0) is 18.2 Å². The van der Waals surface area contributed by atoms with Crippen LogP contribution in [0.5, 0.6) is 11.6 Å². The Morgan fingerprint density at radius 2 is 1.72 bits per heavy atom. The Morgan fingerprint density at radius 3 is 2.26 bits per heavy atom. The molecule has 4 rings (SSSR count). The summed E-state index contributed by atoms with van der Waals surface area (Å²) < 4.78 is 80.7. The van der Waals surface area contributed by atoms with E-state index in [0.717, 1.165) is 44.2 Å². The lowest BCUT2D eigenvalue weighted by molar-refractivity contribution is -0.193. The Morgan fingerprint density at radius 1 is 1.10 bits per heavy atom. The molecule has 16 heteroatoms. The summed E-state index contributed by atoms with van der Waals surface area (Å²) >= 11 is 0. The standard InChI is InChI=1S/C19H23N3O3.2C2HF3O2/c1-23-18-15(4-2-7-21-18)9-22-10-16-11-24-13-19(16,12-22)14-25-17-5-3-6-20-8-17;2*3-2(4,5)1(6)7/h2-8,16H,9-14H2,1H3;2*(H,6,7)/t16-,19+;;/m1../s1. The number of alkyl halides is 6. The molecular weight excluding hydrogens is 544 g/mol. The zero-order valence-electron chi connectivity index (χ0n) is 20.4. The number of likely N-dealkylation sites (tertiary alicyclic amines) is 1. The monoisotopic (exact) mass is 569 g/mol. The lowest BCUT2D eigenvalue weighted by Crippen LogP contribution is -2.36. The summed E-state index contributed by atoms with van der Waals surface area (Å²) in [5.41, 5.74) is 1.17. The number of hydrogen-bond acceptors (Lipinski definition) is 8. The molecule has 0 bridgehead atoms. The number of pyridine rings is 2. The van der Waals surface area contributed by atoms with Crippen LogP contribution in [-0.2, 0) is 20.9 Å². The number of ether oxygens (including phenoxy) is 3. The molecular formula is C23H25F6N3O7. The number of carboxylic acid groups (broad SMARTS) is 2. The predicted molar refractivity (Wildman–Crippen MR) is 120 cm³/mol. The van der Waals surface area contributed by atoms with E-state index in [2.05, 4.69) is 20.9 Å². The molecule has 2 N–H and O–H groups in total. The molecule has 0 aliphatic carbocycles. The van der Waals surface area contributed by atoms with Crippen molar-refractivity contribution in [3.63, 3.8) is 0 Å². The van der Waals surface area contributed by atoms with Crippen molar-refractivity contribution in [3.8, 4) is 11.6 Å². The third kappa shape index (κ3) is 9.55. The summed E-state index contributed by atoms with van der Waals surface area (Å²) in [5.74, 6) is -3.50. The fourth-order valence-corrected chi connectivity index (χ4v) is 3.90. The van der Waals surface area contributed by atoms with Crippen LogP contribution in [0.25, 0.3) is 0 Å². The summed E-state index contributed by atoms with van der Waals surface area (Å²) in [6.45, 7) is 5.01. The number of fused-ring (bicyclic) bond motifs is 1. The number of rotatable bonds is 6. The maximum absolute atomic E-state index is 10.6. The minimum absolute atomic E-state index is 0.0469. The van der Waals surface area contributed by atoms with E-state index in [1.165, 1.54) is 0 Å². The van der Waals surface area contributed by atoms with Gasteiger partial charge in [0.2, 0.25) is 5.88 Å². The molecule has 0 aromatic carbocycles. The second kappa shape index (κ2) is 13.4. The molecule has 2 aliphatic heterocycles. The van der Waals surface area contributed by atoms with Crippen LogP contribution < -0.4 is 9.47 Å². The maximum Gasteiger partial charge on any atom is 0.490 e. The smallest absolute Gasteiger partial charge is 0.490 e. The number of halogens is 6. The Balaban J connectivity index is 0.000000317. The Labute approximate surface area is 218 Å². The van der Waals surface area contributed by atoms with Crippen LogP contribution in [0.1, 0.15) is 5.56 Å². The molecule has 0 spiro atoms. The van der Waals surface area contributed by atoms with Gasteiger partial charge in [0.1, 0.15) is 5.75 Å². The topological polar surface area (TPSA) is 131 Å². The molecule has 2 aromatic rings. The normalized spacial score (nSPS) is 20.5. The lowest BCUT2D eigenvalue weighted by atomic mass is 9.82. The van der Waals surface area contributed by atoms with Gasteiger partial charge in [-0.25, -0.2) is 14.6 Å². The largest absolute Gasteiger partial charge is 0.491 e. The molecule has 2 fully saturated rings. The van der Waals surface area contributed by atoms with Crippen molar-refractivity contribution in [2.24, 2.45) is 11.3 Å².